The minimum absolute atomic E-state index is 0.160. The molecular formula is C13H16FNO. The zero-order valence-electron chi connectivity index (χ0n) is 9.59. The van der Waals surface area contributed by atoms with Gasteiger partial charge in [0.2, 0.25) is 0 Å². The molecule has 86 valence electrons. The van der Waals surface area contributed by atoms with Gasteiger partial charge in [-0.25, -0.2) is 4.39 Å². The quantitative estimate of drug-likeness (QED) is 0.614. The Kier molecular flexibility index (Phi) is 4.70. The highest BCUT2D eigenvalue weighted by Crippen LogP contribution is 2.08. The minimum Gasteiger partial charge on any atom is -0.352 e. The summed E-state index contributed by atoms with van der Waals surface area (Å²) in [7, 11) is 0. The standard InChI is InChI=1S/C13H16FNO/c1-3-4-5-8-15-13(16)11-6-7-12(14)10(2)9-11/h3-4,6-7,9H,5,8H2,1-2H3,(H,15,16)/b4-3+. The zero-order chi connectivity index (χ0) is 12.0. The third kappa shape index (κ3) is 3.50. The molecule has 0 fully saturated rings. The van der Waals surface area contributed by atoms with Gasteiger partial charge in [0.1, 0.15) is 5.82 Å². The molecule has 2 nitrogen and oxygen atoms in total. The molecule has 0 atom stereocenters. The van der Waals surface area contributed by atoms with Gasteiger partial charge in [-0.2, -0.15) is 0 Å². The molecular weight excluding hydrogens is 205 g/mol. The first kappa shape index (κ1) is 12.4. The number of nitrogens with one attached hydrogen (secondary N) is 1. The molecule has 1 aromatic rings. The lowest BCUT2D eigenvalue weighted by Crippen LogP contribution is -2.24. The Bertz CT molecular complexity index is 399. The molecule has 16 heavy (non-hydrogen) atoms. The van der Waals surface area contributed by atoms with Gasteiger partial charge in [-0.15, -0.1) is 0 Å². The number of rotatable bonds is 4. The van der Waals surface area contributed by atoms with Crippen LogP contribution in [0.4, 0.5) is 4.39 Å². The smallest absolute Gasteiger partial charge is 0.251 e. The van der Waals surface area contributed by atoms with Crippen LogP contribution in [0.25, 0.3) is 0 Å². The van der Waals surface area contributed by atoms with Crippen molar-refractivity contribution in [2.24, 2.45) is 0 Å². The van der Waals surface area contributed by atoms with E-state index < -0.39 is 0 Å². The molecule has 1 rings (SSSR count). The fourth-order valence-corrected chi connectivity index (χ4v) is 1.32. The number of hydrogen-bond acceptors (Lipinski definition) is 1. The molecule has 1 N–H and O–H groups in total. The van der Waals surface area contributed by atoms with Crippen molar-refractivity contribution in [3.05, 3.63) is 47.3 Å². The number of amides is 1. The Morgan fingerprint density at radius 1 is 1.50 bits per heavy atom. The summed E-state index contributed by atoms with van der Waals surface area (Å²) in [5.74, 6) is -0.446. The Hall–Kier alpha value is -1.64. The summed E-state index contributed by atoms with van der Waals surface area (Å²) < 4.78 is 13.0. The van der Waals surface area contributed by atoms with Crippen LogP contribution in [0.5, 0.6) is 0 Å². The molecule has 0 aromatic heterocycles. The van der Waals surface area contributed by atoms with Crippen molar-refractivity contribution in [3.63, 3.8) is 0 Å². The van der Waals surface area contributed by atoms with Crippen LogP contribution in [0.1, 0.15) is 29.3 Å². The predicted molar refractivity (Wildman–Crippen MR) is 62.9 cm³/mol. The van der Waals surface area contributed by atoms with Crippen molar-refractivity contribution in [1.82, 2.24) is 5.32 Å². The van der Waals surface area contributed by atoms with E-state index in [1.54, 1.807) is 13.0 Å². The van der Waals surface area contributed by atoms with E-state index in [0.29, 0.717) is 17.7 Å². The van der Waals surface area contributed by atoms with E-state index in [4.69, 9.17) is 0 Å². The van der Waals surface area contributed by atoms with Gasteiger partial charge in [0, 0.05) is 12.1 Å². The summed E-state index contributed by atoms with van der Waals surface area (Å²) in [4.78, 5) is 11.6. The number of allylic oxidation sites excluding steroid dienone is 1. The SMILES string of the molecule is C/C=C/CCNC(=O)c1ccc(F)c(C)c1. The van der Waals surface area contributed by atoms with Crippen LogP contribution in [0, 0.1) is 12.7 Å². The topological polar surface area (TPSA) is 29.1 Å². The maximum atomic E-state index is 13.0. The van der Waals surface area contributed by atoms with Crippen molar-refractivity contribution in [1.29, 1.82) is 0 Å². The number of hydrogen-bond donors (Lipinski definition) is 1. The molecule has 0 bridgehead atoms. The van der Waals surface area contributed by atoms with Crippen molar-refractivity contribution < 1.29 is 9.18 Å². The summed E-state index contributed by atoms with van der Waals surface area (Å²) in [5.41, 5.74) is 0.987. The second kappa shape index (κ2) is 6.05. The lowest BCUT2D eigenvalue weighted by molar-refractivity contribution is 0.0954. The first-order valence-corrected chi connectivity index (χ1v) is 5.30. The molecule has 1 aromatic carbocycles. The molecule has 0 saturated heterocycles. The second-order valence-electron chi connectivity index (χ2n) is 3.58. The third-order valence-electron chi connectivity index (χ3n) is 2.25. The number of aryl methyl sites for hydroxylation is 1. The van der Waals surface area contributed by atoms with Crippen LogP contribution < -0.4 is 5.32 Å². The Balaban J connectivity index is 2.56. The summed E-state index contributed by atoms with van der Waals surface area (Å²) in [6.07, 6.45) is 4.73. The molecule has 0 saturated carbocycles. The van der Waals surface area contributed by atoms with Crippen molar-refractivity contribution >= 4 is 5.91 Å². The summed E-state index contributed by atoms with van der Waals surface area (Å²) in [5, 5.41) is 2.77. The van der Waals surface area contributed by atoms with Gasteiger partial charge in [0.05, 0.1) is 0 Å². The van der Waals surface area contributed by atoms with Gasteiger partial charge >= 0.3 is 0 Å². The van der Waals surface area contributed by atoms with Crippen molar-refractivity contribution in [3.8, 4) is 0 Å². The van der Waals surface area contributed by atoms with Crippen LogP contribution >= 0.6 is 0 Å². The summed E-state index contributed by atoms with van der Waals surface area (Å²) in [6.45, 7) is 4.18. The van der Waals surface area contributed by atoms with Crippen molar-refractivity contribution in [2.45, 2.75) is 20.3 Å². The maximum absolute atomic E-state index is 13.0. The first-order valence-electron chi connectivity index (χ1n) is 5.30. The maximum Gasteiger partial charge on any atom is 0.251 e. The number of carbonyl (C=O) groups excluding carboxylic acids is 1. The highest BCUT2D eigenvalue weighted by Gasteiger charge is 2.06. The highest BCUT2D eigenvalue weighted by atomic mass is 19.1. The van der Waals surface area contributed by atoms with Crippen LogP contribution in [-0.2, 0) is 0 Å². The average Bonchev–Trinajstić information content (AvgIpc) is 2.28. The highest BCUT2D eigenvalue weighted by molar-refractivity contribution is 5.94. The van der Waals surface area contributed by atoms with Gasteiger partial charge < -0.3 is 5.32 Å². The van der Waals surface area contributed by atoms with Crippen LogP contribution in [0.3, 0.4) is 0 Å². The Labute approximate surface area is 95.2 Å². The van der Waals surface area contributed by atoms with Gasteiger partial charge in [-0.05, 0) is 44.0 Å². The van der Waals surface area contributed by atoms with Gasteiger partial charge in [-0.3, -0.25) is 4.79 Å². The largest absolute Gasteiger partial charge is 0.352 e. The fourth-order valence-electron chi connectivity index (χ4n) is 1.32. The lowest BCUT2D eigenvalue weighted by atomic mass is 10.1. The van der Waals surface area contributed by atoms with Gasteiger partial charge in [0.15, 0.2) is 0 Å². The molecule has 0 unspecified atom stereocenters. The van der Waals surface area contributed by atoms with Gasteiger partial charge in [0.25, 0.3) is 5.91 Å². The minimum atomic E-state index is -0.287. The van der Waals surface area contributed by atoms with E-state index in [1.165, 1.54) is 12.1 Å². The fraction of sp³-hybridized carbons (Fsp3) is 0.308. The second-order valence-corrected chi connectivity index (χ2v) is 3.58. The Morgan fingerprint density at radius 3 is 2.88 bits per heavy atom. The van der Waals surface area contributed by atoms with E-state index in [9.17, 15) is 9.18 Å². The molecule has 1 amide bonds. The van der Waals surface area contributed by atoms with Crippen LogP contribution in [0.15, 0.2) is 30.4 Å². The van der Waals surface area contributed by atoms with E-state index in [0.717, 1.165) is 6.42 Å². The molecule has 0 aliphatic heterocycles. The van der Waals surface area contributed by atoms with E-state index >= 15 is 0 Å². The van der Waals surface area contributed by atoms with E-state index in [2.05, 4.69) is 5.32 Å². The third-order valence-corrected chi connectivity index (χ3v) is 2.25. The Morgan fingerprint density at radius 2 is 2.25 bits per heavy atom. The molecule has 0 aliphatic rings. The van der Waals surface area contributed by atoms with E-state index in [1.807, 2.05) is 19.1 Å². The van der Waals surface area contributed by atoms with Gasteiger partial charge in [-0.1, -0.05) is 12.2 Å². The first-order chi connectivity index (χ1) is 7.65. The molecule has 0 spiro atoms. The summed E-state index contributed by atoms with van der Waals surface area (Å²) >= 11 is 0. The van der Waals surface area contributed by atoms with Crippen molar-refractivity contribution in [2.75, 3.05) is 6.54 Å². The summed E-state index contributed by atoms with van der Waals surface area (Å²) in [6, 6.07) is 4.36. The molecule has 0 heterocycles. The van der Waals surface area contributed by atoms with Crippen LogP contribution in [0.2, 0.25) is 0 Å². The predicted octanol–water partition coefficient (Wildman–Crippen LogP) is 2.83. The number of carbonyl (C=O) groups is 1. The lowest BCUT2D eigenvalue weighted by Gasteiger charge is -2.04. The monoisotopic (exact) mass is 221 g/mol. The molecule has 3 heteroatoms. The normalized spacial score (nSPS) is 10.7. The zero-order valence-corrected chi connectivity index (χ0v) is 9.59. The molecule has 0 aliphatic carbocycles. The van der Waals surface area contributed by atoms with E-state index in [-0.39, 0.29) is 11.7 Å². The average molecular weight is 221 g/mol. The molecule has 0 radical (unpaired) electrons. The van der Waals surface area contributed by atoms with Crippen LogP contribution in [-0.4, -0.2) is 12.5 Å². The number of halogens is 1. The number of benzene rings is 1.